The number of benzene rings is 1. The van der Waals surface area contributed by atoms with Gasteiger partial charge in [0.15, 0.2) is 0 Å². The van der Waals surface area contributed by atoms with Crippen LogP contribution in [-0.4, -0.2) is 44.2 Å². The van der Waals surface area contributed by atoms with Gasteiger partial charge >= 0.3 is 5.97 Å². The number of methoxy groups -OCH3 is 1. The Bertz CT molecular complexity index is 1200. The number of fused-ring (bicyclic) bond motifs is 1. The molecule has 1 aromatic carbocycles. The summed E-state index contributed by atoms with van der Waals surface area (Å²) in [5.41, 5.74) is 9.45. The second-order valence-corrected chi connectivity index (χ2v) is 6.87. The molecule has 5 N–H and O–H groups in total. The minimum Gasteiger partial charge on any atom is -0.496 e. The molecule has 0 aliphatic carbocycles. The highest BCUT2D eigenvalue weighted by Gasteiger charge is 2.19. The molecule has 1 unspecified atom stereocenters. The third-order valence-corrected chi connectivity index (χ3v) is 4.99. The third-order valence-electron chi connectivity index (χ3n) is 4.99. The van der Waals surface area contributed by atoms with Gasteiger partial charge in [0.1, 0.15) is 29.3 Å². The van der Waals surface area contributed by atoms with Crippen molar-refractivity contribution in [3.8, 4) is 11.6 Å². The van der Waals surface area contributed by atoms with Gasteiger partial charge in [-0.3, -0.25) is 4.57 Å². The van der Waals surface area contributed by atoms with E-state index in [9.17, 15) is 9.90 Å². The van der Waals surface area contributed by atoms with Crippen LogP contribution in [0.4, 0.5) is 5.82 Å². The van der Waals surface area contributed by atoms with Crippen molar-refractivity contribution in [3.63, 3.8) is 0 Å². The van der Waals surface area contributed by atoms with Crippen LogP contribution in [0.15, 0.2) is 49.1 Å². The molecular formula is C21H22N6O3. The van der Waals surface area contributed by atoms with E-state index in [2.05, 4.69) is 20.3 Å². The number of nitrogens with one attached hydrogen (secondary N) is 2. The summed E-state index contributed by atoms with van der Waals surface area (Å²) in [6.45, 7) is 2.22. The molecule has 0 bridgehead atoms. The van der Waals surface area contributed by atoms with Crippen LogP contribution in [0.2, 0.25) is 0 Å². The van der Waals surface area contributed by atoms with Crippen LogP contribution in [0.1, 0.15) is 27.5 Å². The lowest BCUT2D eigenvalue weighted by Crippen LogP contribution is -2.22. The van der Waals surface area contributed by atoms with Crippen LogP contribution < -0.4 is 15.8 Å². The Hall–Kier alpha value is -3.85. The summed E-state index contributed by atoms with van der Waals surface area (Å²) in [4.78, 5) is 23.8. The zero-order valence-corrected chi connectivity index (χ0v) is 16.6. The molecule has 0 aliphatic heterocycles. The molecule has 0 saturated carbocycles. The van der Waals surface area contributed by atoms with Crippen LogP contribution in [0.5, 0.6) is 5.75 Å². The summed E-state index contributed by atoms with van der Waals surface area (Å²) in [7, 11) is 1.62. The van der Waals surface area contributed by atoms with Crippen molar-refractivity contribution in [3.05, 3.63) is 65.7 Å². The zero-order chi connectivity index (χ0) is 21.3. The Morgan fingerprint density at radius 2 is 2.20 bits per heavy atom. The molecule has 4 aromatic rings. The number of hydrogen-bond acceptors (Lipinski definition) is 6. The molecule has 0 saturated heterocycles. The number of H-pyrrole nitrogens is 1. The van der Waals surface area contributed by atoms with Crippen molar-refractivity contribution in [1.29, 1.82) is 0 Å². The van der Waals surface area contributed by atoms with Crippen molar-refractivity contribution >= 4 is 22.8 Å². The summed E-state index contributed by atoms with van der Waals surface area (Å²) in [5.74, 6) is 0.424. The second kappa shape index (κ2) is 7.88. The molecule has 0 aliphatic rings. The van der Waals surface area contributed by atoms with Crippen LogP contribution in [0.25, 0.3) is 16.9 Å². The molecule has 30 heavy (non-hydrogen) atoms. The number of aromatic carboxylic acids is 1. The normalized spacial score (nSPS) is 12.1. The van der Waals surface area contributed by atoms with Crippen molar-refractivity contribution in [2.24, 2.45) is 5.73 Å². The van der Waals surface area contributed by atoms with Crippen molar-refractivity contribution in [2.45, 2.75) is 13.0 Å². The van der Waals surface area contributed by atoms with Crippen molar-refractivity contribution < 1.29 is 14.6 Å². The van der Waals surface area contributed by atoms with E-state index >= 15 is 0 Å². The highest BCUT2D eigenvalue weighted by molar-refractivity contribution is 5.93. The Morgan fingerprint density at radius 1 is 1.37 bits per heavy atom. The summed E-state index contributed by atoms with van der Waals surface area (Å²) in [5, 5.41) is 12.8. The Balaban J connectivity index is 1.80. The molecule has 0 amide bonds. The average molecular weight is 406 g/mol. The highest BCUT2D eigenvalue weighted by atomic mass is 16.5. The average Bonchev–Trinajstić information content (AvgIpc) is 3.41. The second-order valence-electron chi connectivity index (χ2n) is 6.87. The van der Waals surface area contributed by atoms with E-state index in [0.717, 1.165) is 27.9 Å². The number of pyridine rings is 1. The molecule has 1 atom stereocenters. The van der Waals surface area contributed by atoms with Crippen LogP contribution in [0, 0.1) is 6.92 Å². The van der Waals surface area contributed by atoms with Crippen molar-refractivity contribution in [2.75, 3.05) is 19.0 Å². The number of aromatic amines is 1. The Kier molecular flexibility index (Phi) is 5.11. The first kappa shape index (κ1) is 19.5. The van der Waals surface area contributed by atoms with Gasteiger partial charge in [0, 0.05) is 25.0 Å². The molecule has 9 heteroatoms. The number of carbonyl (C=O) groups is 1. The van der Waals surface area contributed by atoms with E-state index in [1.807, 2.05) is 31.3 Å². The summed E-state index contributed by atoms with van der Waals surface area (Å²) in [6.07, 6.45) is 5.25. The lowest BCUT2D eigenvalue weighted by molar-refractivity contribution is 0.0697. The first-order valence-corrected chi connectivity index (χ1v) is 9.37. The lowest BCUT2D eigenvalue weighted by atomic mass is 10.1. The fourth-order valence-electron chi connectivity index (χ4n) is 3.41. The number of carboxylic acids is 1. The van der Waals surface area contributed by atoms with Gasteiger partial charge in [-0.1, -0.05) is 0 Å². The molecule has 4 rings (SSSR count). The van der Waals surface area contributed by atoms with Crippen LogP contribution >= 0.6 is 0 Å². The number of anilines is 1. The van der Waals surface area contributed by atoms with Gasteiger partial charge in [0.2, 0.25) is 0 Å². The van der Waals surface area contributed by atoms with E-state index in [1.54, 1.807) is 30.3 Å². The van der Waals surface area contributed by atoms with E-state index in [4.69, 9.17) is 10.5 Å². The first-order chi connectivity index (χ1) is 14.5. The molecule has 3 aromatic heterocycles. The maximum atomic E-state index is 11.8. The van der Waals surface area contributed by atoms with E-state index in [0.29, 0.717) is 5.82 Å². The minimum atomic E-state index is -1.07. The number of nitrogens with two attached hydrogens (primary N) is 1. The number of imidazole rings is 1. The zero-order valence-electron chi connectivity index (χ0n) is 16.6. The smallest absolute Gasteiger partial charge is 0.339 e. The van der Waals surface area contributed by atoms with Gasteiger partial charge in [-0.15, -0.1) is 0 Å². The number of hydrogen-bond donors (Lipinski definition) is 4. The fraction of sp³-hybridized carbons (Fsp3) is 0.190. The molecule has 3 heterocycles. The number of rotatable bonds is 7. The number of aromatic nitrogens is 4. The van der Waals surface area contributed by atoms with Crippen LogP contribution in [-0.2, 0) is 0 Å². The van der Waals surface area contributed by atoms with Gasteiger partial charge in [-0.2, -0.15) is 0 Å². The third kappa shape index (κ3) is 3.46. The quantitative estimate of drug-likeness (QED) is 0.371. The molecule has 0 spiro atoms. The molecule has 0 radical (unpaired) electrons. The minimum absolute atomic E-state index is 0.0607. The predicted octanol–water partition coefficient (Wildman–Crippen LogP) is 2.88. The van der Waals surface area contributed by atoms with Gasteiger partial charge in [-0.05, 0) is 42.3 Å². The molecule has 0 fully saturated rings. The SMILES string of the molecule is COc1cc2c(cc1C)ncn2-c1ccc(C(=O)O)c(NC(CN)c2cc[nH]c2)n1. The fourth-order valence-corrected chi connectivity index (χ4v) is 3.41. The highest BCUT2D eigenvalue weighted by Crippen LogP contribution is 2.28. The largest absolute Gasteiger partial charge is 0.496 e. The van der Waals surface area contributed by atoms with Crippen LogP contribution in [0.3, 0.4) is 0 Å². The van der Waals surface area contributed by atoms with E-state index < -0.39 is 5.97 Å². The Labute approximate surface area is 172 Å². The lowest BCUT2D eigenvalue weighted by Gasteiger charge is -2.18. The molecular weight excluding hydrogens is 384 g/mol. The monoisotopic (exact) mass is 406 g/mol. The van der Waals surface area contributed by atoms with E-state index in [1.165, 1.54) is 6.07 Å². The maximum Gasteiger partial charge on any atom is 0.339 e. The van der Waals surface area contributed by atoms with E-state index in [-0.39, 0.29) is 24.0 Å². The van der Waals surface area contributed by atoms with Gasteiger partial charge in [0.25, 0.3) is 0 Å². The first-order valence-electron chi connectivity index (χ1n) is 9.37. The number of nitrogens with zero attached hydrogens (tertiary/aromatic N) is 3. The van der Waals surface area contributed by atoms with Gasteiger partial charge < -0.3 is 25.9 Å². The van der Waals surface area contributed by atoms with Gasteiger partial charge in [-0.25, -0.2) is 14.8 Å². The number of carboxylic acid groups (broad SMARTS) is 1. The summed E-state index contributed by atoms with van der Waals surface area (Å²) in [6, 6.07) is 8.59. The Morgan fingerprint density at radius 3 is 2.87 bits per heavy atom. The van der Waals surface area contributed by atoms with Gasteiger partial charge in [0.05, 0.1) is 24.2 Å². The van der Waals surface area contributed by atoms with Crippen molar-refractivity contribution in [1.82, 2.24) is 19.5 Å². The standard InChI is InChI=1S/C21H22N6O3/c1-12-7-15-17(8-18(12)30-2)27(11-24-15)19-4-3-14(21(28)29)20(26-19)25-16(9-22)13-5-6-23-10-13/h3-8,10-11,16,23H,9,22H2,1-2H3,(H,25,26)(H,28,29). The predicted molar refractivity (Wildman–Crippen MR) is 113 cm³/mol. The summed E-state index contributed by atoms with van der Waals surface area (Å²) >= 11 is 0. The maximum absolute atomic E-state index is 11.8. The number of aryl methyl sites for hydroxylation is 1. The number of ether oxygens (including phenoxy) is 1. The molecule has 9 nitrogen and oxygen atoms in total. The topological polar surface area (TPSA) is 131 Å². The summed E-state index contributed by atoms with van der Waals surface area (Å²) < 4.78 is 7.22. The molecule has 154 valence electrons.